The Morgan fingerprint density at radius 3 is 2.86 bits per heavy atom. The Balaban J connectivity index is 2.85. The van der Waals surface area contributed by atoms with Gasteiger partial charge in [-0.25, -0.2) is 4.79 Å². The molecule has 14 heavy (non-hydrogen) atoms. The van der Waals surface area contributed by atoms with Crippen molar-refractivity contribution in [2.45, 2.75) is 0 Å². The van der Waals surface area contributed by atoms with E-state index in [0.717, 1.165) is 0 Å². The highest BCUT2D eigenvalue weighted by molar-refractivity contribution is 5.78. The van der Waals surface area contributed by atoms with Gasteiger partial charge in [0, 0.05) is 5.39 Å². The summed E-state index contributed by atoms with van der Waals surface area (Å²) in [5, 5.41) is 18.3. The first-order valence-corrected chi connectivity index (χ1v) is 3.87. The lowest BCUT2D eigenvalue weighted by Crippen LogP contribution is -1.96. The molecule has 2 aromatic rings. The first-order valence-electron chi connectivity index (χ1n) is 3.87. The van der Waals surface area contributed by atoms with Crippen LogP contribution in [0.15, 0.2) is 33.5 Å². The molecule has 0 saturated heterocycles. The molecule has 0 unspecified atom stereocenters. The molecule has 0 fully saturated rings. The molecule has 4 nitrogen and oxygen atoms in total. The van der Waals surface area contributed by atoms with Crippen LogP contribution >= 0.6 is 0 Å². The molecule has 0 amide bonds. The van der Waals surface area contributed by atoms with Gasteiger partial charge in [-0.1, -0.05) is 0 Å². The Kier molecular flexibility index (Phi) is 1.72. The van der Waals surface area contributed by atoms with Crippen LogP contribution in [0.5, 0.6) is 5.75 Å². The molecule has 4 heteroatoms. The maximum atomic E-state index is 10.9. The van der Waals surface area contributed by atoms with Crippen LogP contribution in [0.25, 0.3) is 11.0 Å². The molecule has 0 aliphatic rings. The van der Waals surface area contributed by atoms with Gasteiger partial charge in [-0.15, -0.1) is 0 Å². The molecule has 0 radical (unpaired) electrons. The second-order valence-corrected chi connectivity index (χ2v) is 2.78. The molecule has 1 N–H and O–H groups in total. The number of hydrogen-bond donors (Lipinski definition) is 1. The van der Waals surface area contributed by atoms with Crippen LogP contribution in [0.4, 0.5) is 0 Å². The van der Waals surface area contributed by atoms with Crippen molar-refractivity contribution >= 4 is 11.0 Å². The summed E-state index contributed by atoms with van der Waals surface area (Å²) >= 11 is 0. The van der Waals surface area contributed by atoms with E-state index in [0.29, 0.717) is 16.5 Å². The molecule has 0 atom stereocenters. The molecular formula is C10H5NO3. The van der Waals surface area contributed by atoms with E-state index >= 15 is 0 Å². The van der Waals surface area contributed by atoms with E-state index in [-0.39, 0.29) is 0 Å². The first kappa shape index (κ1) is 8.32. The number of rotatable bonds is 0. The van der Waals surface area contributed by atoms with Crippen LogP contribution in [0.2, 0.25) is 0 Å². The fourth-order valence-corrected chi connectivity index (χ4v) is 1.17. The molecule has 1 heterocycles. The molecule has 0 aliphatic heterocycles. The Labute approximate surface area is 78.6 Å². The zero-order valence-electron chi connectivity index (χ0n) is 7.02. The lowest BCUT2D eigenvalue weighted by Gasteiger charge is -1.96. The predicted molar refractivity (Wildman–Crippen MR) is 48.9 cm³/mol. The van der Waals surface area contributed by atoms with Crippen LogP contribution in [0.1, 0.15) is 5.56 Å². The third-order valence-corrected chi connectivity index (χ3v) is 1.85. The van der Waals surface area contributed by atoms with Gasteiger partial charge in [-0.2, -0.15) is 5.26 Å². The molecule has 68 valence electrons. The SMILES string of the molecule is N#Cc1ccc2cc(O)c(=O)oc2c1. The molecule has 2 rings (SSSR count). The molecule has 0 spiro atoms. The fraction of sp³-hybridized carbons (Fsp3) is 0. The molecule has 0 aliphatic carbocycles. The minimum atomic E-state index is -0.799. The van der Waals surface area contributed by atoms with E-state index < -0.39 is 11.4 Å². The quantitative estimate of drug-likeness (QED) is 0.632. The minimum Gasteiger partial charge on any atom is -0.502 e. The summed E-state index contributed by atoms with van der Waals surface area (Å²) in [6.07, 6.45) is 0. The minimum absolute atomic E-state index is 0.298. The van der Waals surface area contributed by atoms with E-state index in [1.165, 1.54) is 12.1 Å². The lowest BCUT2D eigenvalue weighted by molar-refractivity contribution is 0.428. The Hall–Kier alpha value is -2.28. The summed E-state index contributed by atoms with van der Waals surface area (Å²) < 4.78 is 4.78. The number of nitriles is 1. The van der Waals surface area contributed by atoms with Crippen LogP contribution < -0.4 is 5.63 Å². The van der Waals surface area contributed by atoms with Gasteiger partial charge in [-0.05, 0) is 24.3 Å². The van der Waals surface area contributed by atoms with E-state index in [2.05, 4.69) is 0 Å². The maximum absolute atomic E-state index is 10.9. The van der Waals surface area contributed by atoms with Gasteiger partial charge < -0.3 is 9.52 Å². The summed E-state index contributed by atoms with van der Waals surface area (Å²) in [7, 11) is 0. The van der Waals surface area contributed by atoms with Crippen molar-refractivity contribution in [2.75, 3.05) is 0 Å². The van der Waals surface area contributed by atoms with Crippen molar-refractivity contribution < 1.29 is 9.52 Å². The van der Waals surface area contributed by atoms with Crippen molar-refractivity contribution in [3.8, 4) is 11.8 Å². The normalized spacial score (nSPS) is 9.93. The number of fused-ring (bicyclic) bond motifs is 1. The number of benzene rings is 1. The second kappa shape index (κ2) is 2.89. The summed E-state index contributed by atoms with van der Waals surface area (Å²) in [5.74, 6) is -0.429. The van der Waals surface area contributed by atoms with Crippen LogP contribution in [-0.4, -0.2) is 5.11 Å². The standard InChI is InChI=1S/C10H5NO3/c11-5-6-1-2-7-4-8(12)10(13)14-9(7)3-6/h1-4,12H. The Morgan fingerprint density at radius 2 is 2.14 bits per heavy atom. The molecule has 0 saturated carbocycles. The highest BCUT2D eigenvalue weighted by Gasteiger charge is 2.03. The van der Waals surface area contributed by atoms with Gasteiger partial charge in [0.1, 0.15) is 5.58 Å². The third kappa shape index (κ3) is 1.21. The van der Waals surface area contributed by atoms with Crippen molar-refractivity contribution in [1.82, 2.24) is 0 Å². The highest BCUT2D eigenvalue weighted by atomic mass is 16.4. The number of aromatic hydroxyl groups is 1. The summed E-state index contributed by atoms with van der Waals surface area (Å²) in [6, 6.07) is 7.88. The summed E-state index contributed by atoms with van der Waals surface area (Å²) in [5.41, 5.74) is -0.0919. The molecular weight excluding hydrogens is 182 g/mol. The number of hydrogen-bond acceptors (Lipinski definition) is 4. The average Bonchev–Trinajstić information content (AvgIpc) is 2.19. The number of nitrogens with zero attached hydrogens (tertiary/aromatic N) is 1. The predicted octanol–water partition coefficient (Wildman–Crippen LogP) is 1.37. The third-order valence-electron chi connectivity index (χ3n) is 1.85. The van der Waals surface area contributed by atoms with Gasteiger partial charge in [0.25, 0.3) is 0 Å². The maximum Gasteiger partial charge on any atom is 0.378 e. The van der Waals surface area contributed by atoms with Crippen LogP contribution in [-0.2, 0) is 0 Å². The van der Waals surface area contributed by atoms with Crippen molar-refractivity contribution in [2.24, 2.45) is 0 Å². The highest BCUT2D eigenvalue weighted by Crippen LogP contribution is 2.17. The van der Waals surface area contributed by atoms with Gasteiger partial charge >= 0.3 is 5.63 Å². The Morgan fingerprint density at radius 1 is 1.36 bits per heavy atom. The van der Waals surface area contributed by atoms with Crippen LogP contribution in [0.3, 0.4) is 0 Å². The van der Waals surface area contributed by atoms with Gasteiger partial charge in [0.05, 0.1) is 11.6 Å². The zero-order valence-corrected chi connectivity index (χ0v) is 7.02. The topological polar surface area (TPSA) is 74.2 Å². The fourth-order valence-electron chi connectivity index (χ4n) is 1.17. The summed E-state index contributed by atoms with van der Waals surface area (Å²) in [4.78, 5) is 10.9. The molecule has 1 aromatic carbocycles. The van der Waals surface area contributed by atoms with Gasteiger partial charge in [-0.3, -0.25) is 0 Å². The van der Waals surface area contributed by atoms with Crippen molar-refractivity contribution in [3.05, 3.63) is 40.2 Å². The van der Waals surface area contributed by atoms with E-state index in [1.807, 2.05) is 6.07 Å². The summed E-state index contributed by atoms with van der Waals surface area (Å²) in [6.45, 7) is 0. The second-order valence-electron chi connectivity index (χ2n) is 2.78. The first-order chi connectivity index (χ1) is 6.70. The Bertz CT molecular complexity index is 592. The largest absolute Gasteiger partial charge is 0.502 e. The van der Waals surface area contributed by atoms with E-state index in [9.17, 15) is 4.79 Å². The lowest BCUT2D eigenvalue weighted by atomic mass is 10.1. The van der Waals surface area contributed by atoms with E-state index in [4.69, 9.17) is 14.8 Å². The monoisotopic (exact) mass is 187 g/mol. The van der Waals surface area contributed by atoms with Crippen LogP contribution in [0, 0.1) is 11.3 Å². The smallest absolute Gasteiger partial charge is 0.378 e. The molecule has 1 aromatic heterocycles. The van der Waals surface area contributed by atoms with Gasteiger partial charge in [0.15, 0.2) is 0 Å². The van der Waals surface area contributed by atoms with Crippen molar-refractivity contribution in [3.63, 3.8) is 0 Å². The zero-order chi connectivity index (χ0) is 10.1. The van der Waals surface area contributed by atoms with Crippen molar-refractivity contribution in [1.29, 1.82) is 5.26 Å². The average molecular weight is 187 g/mol. The molecule has 0 bridgehead atoms. The van der Waals surface area contributed by atoms with Gasteiger partial charge in [0.2, 0.25) is 5.75 Å². The van der Waals surface area contributed by atoms with E-state index in [1.54, 1.807) is 12.1 Å².